The van der Waals surface area contributed by atoms with Crippen LogP contribution in [0.25, 0.3) is 11.0 Å². The highest BCUT2D eigenvalue weighted by atomic mass is 15.2. The van der Waals surface area contributed by atoms with Gasteiger partial charge in [-0.1, -0.05) is 76.8 Å². The van der Waals surface area contributed by atoms with E-state index in [1.807, 2.05) is 18.2 Å². The van der Waals surface area contributed by atoms with Gasteiger partial charge in [-0.3, -0.25) is 5.10 Å². The SMILES string of the molecule is CCCCCCCNc1nc(NCc2ccccc2)c2n[nH]c(C(C)C)c2n1. The number of hydrogen-bond acceptors (Lipinski definition) is 5. The van der Waals surface area contributed by atoms with Gasteiger partial charge in [0.2, 0.25) is 5.95 Å². The monoisotopic (exact) mass is 380 g/mol. The number of aromatic amines is 1. The van der Waals surface area contributed by atoms with E-state index in [2.05, 4.69) is 53.7 Å². The average Bonchev–Trinajstić information content (AvgIpc) is 3.14. The first kappa shape index (κ1) is 20.1. The summed E-state index contributed by atoms with van der Waals surface area (Å²) >= 11 is 0. The third-order valence-electron chi connectivity index (χ3n) is 4.87. The van der Waals surface area contributed by atoms with Gasteiger partial charge in [-0.15, -0.1) is 0 Å². The van der Waals surface area contributed by atoms with Crippen molar-refractivity contribution >= 4 is 22.8 Å². The van der Waals surface area contributed by atoms with Gasteiger partial charge in [-0.25, -0.2) is 4.98 Å². The van der Waals surface area contributed by atoms with Crippen LogP contribution in [-0.4, -0.2) is 26.7 Å². The maximum absolute atomic E-state index is 4.75. The first-order chi connectivity index (χ1) is 13.7. The average molecular weight is 381 g/mol. The van der Waals surface area contributed by atoms with Gasteiger partial charge in [0, 0.05) is 13.1 Å². The highest BCUT2D eigenvalue weighted by molar-refractivity contribution is 5.88. The van der Waals surface area contributed by atoms with Crippen molar-refractivity contribution in [3.63, 3.8) is 0 Å². The molecule has 0 spiro atoms. The van der Waals surface area contributed by atoms with Gasteiger partial charge < -0.3 is 10.6 Å². The zero-order valence-corrected chi connectivity index (χ0v) is 17.3. The second-order valence-electron chi connectivity index (χ2n) is 7.57. The third kappa shape index (κ3) is 5.21. The van der Waals surface area contributed by atoms with Gasteiger partial charge in [0.25, 0.3) is 0 Å². The number of rotatable bonds is 11. The second-order valence-corrected chi connectivity index (χ2v) is 7.57. The Balaban J connectivity index is 1.76. The minimum absolute atomic E-state index is 0.323. The minimum atomic E-state index is 0.323. The van der Waals surface area contributed by atoms with Crippen molar-refractivity contribution < 1.29 is 0 Å². The molecule has 0 fully saturated rings. The number of hydrogen-bond donors (Lipinski definition) is 3. The summed E-state index contributed by atoms with van der Waals surface area (Å²) < 4.78 is 0. The van der Waals surface area contributed by atoms with Crippen LogP contribution >= 0.6 is 0 Å². The Hall–Kier alpha value is -2.63. The van der Waals surface area contributed by atoms with E-state index in [1.54, 1.807) is 0 Å². The van der Waals surface area contributed by atoms with E-state index >= 15 is 0 Å². The molecule has 3 N–H and O–H groups in total. The Labute approximate surface area is 167 Å². The Morgan fingerprint density at radius 1 is 0.929 bits per heavy atom. The Bertz CT molecular complexity index is 856. The second kappa shape index (κ2) is 10.1. The molecular weight excluding hydrogens is 348 g/mol. The predicted octanol–water partition coefficient (Wildman–Crippen LogP) is 5.47. The van der Waals surface area contributed by atoms with Crippen molar-refractivity contribution in [1.29, 1.82) is 0 Å². The molecule has 0 saturated carbocycles. The molecule has 0 unspecified atom stereocenters. The van der Waals surface area contributed by atoms with Crippen LogP contribution in [0.2, 0.25) is 0 Å². The number of nitrogens with zero attached hydrogens (tertiary/aromatic N) is 3. The standard InChI is InChI=1S/C22H32N6/c1-4-5-6-7-11-14-23-22-25-19-18(16(2)3)27-28-20(19)21(26-22)24-15-17-12-9-8-10-13-17/h8-10,12-13,16H,4-7,11,14-15H2,1-3H3,(H,27,28)(H2,23,24,25,26). The first-order valence-electron chi connectivity index (χ1n) is 10.5. The molecule has 0 atom stereocenters. The summed E-state index contributed by atoms with van der Waals surface area (Å²) in [6, 6.07) is 10.3. The van der Waals surface area contributed by atoms with E-state index in [4.69, 9.17) is 9.97 Å². The summed E-state index contributed by atoms with van der Waals surface area (Å²) in [6.07, 6.45) is 6.24. The number of nitrogens with one attached hydrogen (secondary N) is 3. The Morgan fingerprint density at radius 3 is 2.46 bits per heavy atom. The molecule has 2 heterocycles. The number of anilines is 2. The van der Waals surface area contributed by atoms with Crippen LogP contribution in [0.5, 0.6) is 0 Å². The van der Waals surface area contributed by atoms with E-state index in [9.17, 15) is 0 Å². The zero-order valence-electron chi connectivity index (χ0n) is 17.3. The highest BCUT2D eigenvalue weighted by Crippen LogP contribution is 2.27. The molecule has 150 valence electrons. The minimum Gasteiger partial charge on any atom is -0.364 e. The molecular formula is C22H32N6. The lowest BCUT2D eigenvalue weighted by atomic mass is 10.1. The predicted molar refractivity (Wildman–Crippen MR) is 117 cm³/mol. The zero-order chi connectivity index (χ0) is 19.8. The van der Waals surface area contributed by atoms with Gasteiger partial charge >= 0.3 is 0 Å². The number of fused-ring (bicyclic) bond motifs is 1. The lowest BCUT2D eigenvalue weighted by Crippen LogP contribution is -2.09. The fraction of sp³-hybridized carbons (Fsp3) is 0.500. The number of benzene rings is 1. The summed E-state index contributed by atoms with van der Waals surface area (Å²) in [5.74, 6) is 1.76. The normalized spacial score (nSPS) is 11.3. The topological polar surface area (TPSA) is 78.5 Å². The molecule has 0 radical (unpaired) electrons. The van der Waals surface area contributed by atoms with Crippen LogP contribution in [0, 0.1) is 0 Å². The van der Waals surface area contributed by atoms with E-state index in [0.717, 1.165) is 35.5 Å². The van der Waals surface area contributed by atoms with Crippen molar-refractivity contribution in [2.75, 3.05) is 17.2 Å². The molecule has 0 bridgehead atoms. The van der Waals surface area contributed by atoms with Crippen LogP contribution in [0.3, 0.4) is 0 Å². The largest absolute Gasteiger partial charge is 0.364 e. The van der Waals surface area contributed by atoms with E-state index in [1.165, 1.54) is 31.2 Å². The van der Waals surface area contributed by atoms with Crippen LogP contribution in [-0.2, 0) is 6.54 Å². The molecule has 3 rings (SSSR count). The highest BCUT2D eigenvalue weighted by Gasteiger charge is 2.16. The Morgan fingerprint density at radius 2 is 1.71 bits per heavy atom. The molecule has 3 aromatic rings. The maximum atomic E-state index is 4.75. The summed E-state index contributed by atoms with van der Waals surface area (Å²) in [5.41, 5.74) is 3.95. The molecule has 0 aliphatic rings. The summed E-state index contributed by atoms with van der Waals surface area (Å²) in [6.45, 7) is 8.12. The lowest BCUT2D eigenvalue weighted by molar-refractivity contribution is 0.644. The van der Waals surface area contributed by atoms with Crippen molar-refractivity contribution in [3.8, 4) is 0 Å². The summed E-state index contributed by atoms with van der Waals surface area (Å²) in [7, 11) is 0. The molecule has 6 nitrogen and oxygen atoms in total. The van der Waals surface area contributed by atoms with Crippen LogP contribution in [0.4, 0.5) is 11.8 Å². The van der Waals surface area contributed by atoms with E-state index < -0.39 is 0 Å². The summed E-state index contributed by atoms with van der Waals surface area (Å²) in [5, 5.41) is 14.5. The first-order valence-corrected chi connectivity index (χ1v) is 10.5. The fourth-order valence-electron chi connectivity index (χ4n) is 3.23. The number of aromatic nitrogens is 4. The van der Waals surface area contributed by atoms with E-state index in [-0.39, 0.29) is 0 Å². The van der Waals surface area contributed by atoms with Gasteiger partial charge in [-0.05, 0) is 17.9 Å². The van der Waals surface area contributed by atoms with E-state index in [0.29, 0.717) is 18.4 Å². The fourth-order valence-corrected chi connectivity index (χ4v) is 3.23. The number of unbranched alkanes of at least 4 members (excludes halogenated alkanes) is 4. The lowest BCUT2D eigenvalue weighted by Gasteiger charge is -2.10. The van der Waals surface area contributed by atoms with Crippen LogP contribution in [0.1, 0.15) is 70.1 Å². The maximum Gasteiger partial charge on any atom is 0.225 e. The molecule has 0 amide bonds. The quantitative estimate of drug-likeness (QED) is 0.384. The molecule has 6 heteroatoms. The van der Waals surface area contributed by atoms with Crippen molar-refractivity contribution in [2.45, 2.75) is 65.3 Å². The molecule has 1 aromatic carbocycles. The third-order valence-corrected chi connectivity index (χ3v) is 4.87. The molecule has 0 aliphatic carbocycles. The molecule has 2 aromatic heterocycles. The van der Waals surface area contributed by atoms with Crippen LogP contribution in [0.15, 0.2) is 30.3 Å². The van der Waals surface area contributed by atoms with Gasteiger partial charge in [0.1, 0.15) is 5.52 Å². The smallest absolute Gasteiger partial charge is 0.225 e. The summed E-state index contributed by atoms with van der Waals surface area (Å²) in [4.78, 5) is 9.46. The van der Waals surface area contributed by atoms with Crippen molar-refractivity contribution in [1.82, 2.24) is 20.2 Å². The molecule has 0 aliphatic heterocycles. The molecule has 0 saturated heterocycles. The van der Waals surface area contributed by atoms with Gasteiger partial charge in [0.15, 0.2) is 11.3 Å². The Kier molecular flexibility index (Phi) is 7.23. The van der Waals surface area contributed by atoms with Crippen LogP contribution < -0.4 is 10.6 Å². The molecule has 28 heavy (non-hydrogen) atoms. The van der Waals surface area contributed by atoms with Crippen molar-refractivity contribution in [3.05, 3.63) is 41.6 Å². The van der Waals surface area contributed by atoms with Crippen molar-refractivity contribution in [2.24, 2.45) is 0 Å². The number of H-pyrrole nitrogens is 1. The van der Waals surface area contributed by atoms with Gasteiger partial charge in [0.05, 0.1) is 5.69 Å². The van der Waals surface area contributed by atoms with Gasteiger partial charge in [-0.2, -0.15) is 10.1 Å².